The monoisotopic (exact) mass is 483 g/mol. The van der Waals surface area contributed by atoms with Gasteiger partial charge in [0.05, 0.1) is 33.6 Å². The molecule has 8 heteroatoms. The zero-order valence-corrected chi connectivity index (χ0v) is 20.1. The van der Waals surface area contributed by atoms with Gasteiger partial charge in [-0.25, -0.2) is 9.97 Å². The van der Waals surface area contributed by atoms with Gasteiger partial charge < -0.3 is 0 Å². The largest absolute Gasteiger partial charge is 0.287 e. The van der Waals surface area contributed by atoms with E-state index >= 15 is 0 Å². The second-order valence-electron chi connectivity index (χ2n) is 8.61. The van der Waals surface area contributed by atoms with Crippen LogP contribution in [0.15, 0.2) is 74.9 Å². The van der Waals surface area contributed by atoms with Gasteiger partial charge in [0.25, 0.3) is 11.1 Å². The molecule has 0 aliphatic heterocycles. The predicted octanol–water partition coefficient (Wildman–Crippen LogP) is 4.81. The maximum absolute atomic E-state index is 13.4. The zero-order valence-electron chi connectivity index (χ0n) is 19.3. The highest BCUT2D eigenvalue weighted by Gasteiger charge is 2.16. The summed E-state index contributed by atoms with van der Waals surface area (Å²) in [5.41, 5.74) is 2.34. The summed E-state index contributed by atoms with van der Waals surface area (Å²) < 4.78 is 3.15. The van der Waals surface area contributed by atoms with Crippen LogP contribution in [0.4, 0.5) is 0 Å². The standard InChI is InChI=1S/C27H25N5O2S/c28-15-17-31-24(29-22-12-6-4-10-20(22)25(31)33)18-35-27-30-23-13-7-5-11-21(23)26(34)32(27)16-14-19-8-2-1-3-9-19/h4-8,10-13H,1-3,9,14,16-18H2. The molecule has 0 saturated carbocycles. The van der Waals surface area contributed by atoms with Gasteiger partial charge in [-0.3, -0.25) is 18.7 Å². The lowest BCUT2D eigenvalue weighted by molar-refractivity contribution is 0.569. The number of benzene rings is 2. The average molecular weight is 484 g/mol. The van der Waals surface area contributed by atoms with Crippen LogP contribution in [0.2, 0.25) is 0 Å². The van der Waals surface area contributed by atoms with Crippen LogP contribution in [-0.2, 0) is 18.8 Å². The van der Waals surface area contributed by atoms with Crippen molar-refractivity contribution in [2.45, 2.75) is 56.1 Å². The number of hydrogen-bond donors (Lipinski definition) is 0. The Morgan fingerprint density at radius 1 is 0.914 bits per heavy atom. The predicted molar refractivity (Wildman–Crippen MR) is 138 cm³/mol. The molecule has 0 fully saturated rings. The van der Waals surface area contributed by atoms with Crippen LogP contribution >= 0.6 is 11.8 Å². The molecule has 176 valence electrons. The van der Waals surface area contributed by atoms with E-state index in [1.165, 1.54) is 34.7 Å². The Morgan fingerprint density at radius 2 is 1.60 bits per heavy atom. The smallest absolute Gasteiger partial charge is 0.262 e. The molecule has 0 amide bonds. The molecule has 2 aromatic carbocycles. The van der Waals surface area contributed by atoms with E-state index in [4.69, 9.17) is 4.98 Å². The summed E-state index contributed by atoms with van der Waals surface area (Å²) in [4.78, 5) is 35.9. The molecule has 0 unspecified atom stereocenters. The number of aromatic nitrogens is 4. The van der Waals surface area contributed by atoms with Gasteiger partial charge in [-0.15, -0.1) is 0 Å². The van der Waals surface area contributed by atoms with Crippen molar-refractivity contribution >= 4 is 33.6 Å². The number of nitriles is 1. The van der Waals surface area contributed by atoms with Gasteiger partial charge >= 0.3 is 0 Å². The molecule has 0 spiro atoms. The van der Waals surface area contributed by atoms with Crippen LogP contribution in [-0.4, -0.2) is 19.1 Å². The van der Waals surface area contributed by atoms with Gasteiger partial charge in [-0.05, 0) is 56.4 Å². The number of para-hydroxylation sites is 2. The number of rotatable bonds is 7. The van der Waals surface area contributed by atoms with Crippen molar-refractivity contribution in [2.75, 3.05) is 0 Å². The molecule has 35 heavy (non-hydrogen) atoms. The van der Waals surface area contributed by atoms with E-state index in [-0.39, 0.29) is 17.7 Å². The third-order valence-electron chi connectivity index (χ3n) is 6.37. The second kappa shape index (κ2) is 10.3. The van der Waals surface area contributed by atoms with E-state index in [0.29, 0.717) is 45.1 Å². The first-order valence-electron chi connectivity index (χ1n) is 11.8. The quantitative estimate of drug-likeness (QED) is 0.213. The summed E-state index contributed by atoms with van der Waals surface area (Å²) in [6, 6.07) is 16.6. The van der Waals surface area contributed by atoms with Crippen molar-refractivity contribution < 1.29 is 0 Å². The van der Waals surface area contributed by atoms with Gasteiger partial charge in [0.1, 0.15) is 12.4 Å². The Hall–Kier alpha value is -3.70. The summed E-state index contributed by atoms with van der Waals surface area (Å²) in [5, 5.41) is 11.0. The fourth-order valence-corrected chi connectivity index (χ4v) is 5.50. The molecule has 0 saturated heterocycles. The van der Waals surface area contributed by atoms with E-state index < -0.39 is 0 Å². The number of hydrogen-bond acceptors (Lipinski definition) is 6. The molecule has 0 atom stereocenters. The lowest BCUT2D eigenvalue weighted by atomic mass is 9.97. The Balaban J connectivity index is 1.52. The van der Waals surface area contributed by atoms with E-state index in [2.05, 4.69) is 17.1 Å². The molecule has 7 nitrogen and oxygen atoms in total. The van der Waals surface area contributed by atoms with Crippen LogP contribution in [0.5, 0.6) is 0 Å². The molecule has 1 aliphatic carbocycles. The Labute approximate surface area is 206 Å². The summed E-state index contributed by atoms with van der Waals surface area (Å²) in [6.45, 7) is 0.472. The molecule has 0 bridgehead atoms. The Bertz CT molecular complexity index is 1600. The van der Waals surface area contributed by atoms with Crippen LogP contribution < -0.4 is 11.1 Å². The van der Waals surface area contributed by atoms with Crippen LogP contribution in [0, 0.1) is 11.3 Å². The highest BCUT2D eigenvalue weighted by molar-refractivity contribution is 7.98. The fourth-order valence-electron chi connectivity index (χ4n) is 4.53. The normalized spacial score (nSPS) is 13.6. The number of thioether (sulfide) groups is 1. The number of nitrogens with zero attached hydrogens (tertiary/aromatic N) is 5. The highest BCUT2D eigenvalue weighted by atomic mass is 32.2. The van der Waals surface area contributed by atoms with Gasteiger partial charge in [0.15, 0.2) is 5.16 Å². The van der Waals surface area contributed by atoms with E-state index in [1.54, 1.807) is 22.8 Å². The minimum Gasteiger partial charge on any atom is -0.287 e. The fraction of sp³-hybridized carbons (Fsp3) is 0.296. The van der Waals surface area contributed by atoms with Gasteiger partial charge in [0.2, 0.25) is 0 Å². The lowest BCUT2D eigenvalue weighted by Crippen LogP contribution is -2.26. The van der Waals surface area contributed by atoms with Crippen molar-refractivity contribution in [1.82, 2.24) is 19.1 Å². The molecular formula is C27H25N5O2S. The third-order valence-corrected chi connectivity index (χ3v) is 7.34. The summed E-state index contributed by atoms with van der Waals surface area (Å²) in [6.07, 6.45) is 7.73. The molecular weight excluding hydrogens is 458 g/mol. The van der Waals surface area contributed by atoms with Crippen LogP contribution in [0.25, 0.3) is 21.8 Å². The van der Waals surface area contributed by atoms with E-state index in [0.717, 1.165) is 19.3 Å². The number of fused-ring (bicyclic) bond motifs is 2. The average Bonchev–Trinajstić information content (AvgIpc) is 2.89. The molecule has 2 aromatic heterocycles. The van der Waals surface area contributed by atoms with E-state index in [1.807, 2.05) is 30.3 Å². The first-order valence-corrected chi connectivity index (χ1v) is 12.8. The molecule has 1 aliphatic rings. The van der Waals surface area contributed by atoms with Crippen molar-refractivity contribution in [3.8, 4) is 6.07 Å². The first-order chi connectivity index (χ1) is 17.2. The lowest BCUT2D eigenvalue weighted by Gasteiger charge is -2.17. The van der Waals surface area contributed by atoms with Gasteiger partial charge in [-0.1, -0.05) is 47.7 Å². The third kappa shape index (κ3) is 4.77. The van der Waals surface area contributed by atoms with E-state index in [9.17, 15) is 14.9 Å². The number of allylic oxidation sites excluding steroid dienone is 2. The summed E-state index contributed by atoms with van der Waals surface area (Å²) in [5.74, 6) is 0.805. The maximum atomic E-state index is 13.4. The molecule has 5 rings (SSSR count). The minimum atomic E-state index is -0.235. The van der Waals surface area contributed by atoms with Crippen molar-refractivity contribution in [3.63, 3.8) is 0 Å². The highest BCUT2D eigenvalue weighted by Crippen LogP contribution is 2.25. The SMILES string of the molecule is N#CCn1c(CSc2nc3ccccc3c(=O)n2CCC2=CCCCC2)nc2ccccc2c1=O. The second-order valence-corrected chi connectivity index (χ2v) is 9.55. The van der Waals surface area contributed by atoms with Crippen LogP contribution in [0.1, 0.15) is 37.9 Å². The maximum Gasteiger partial charge on any atom is 0.262 e. The van der Waals surface area contributed by atoms with Crippen molar-refractivity contribution in [1.29, 1.82) is 5.26 Å². The Kier molecular flexibility index (Phi) is 6.77. The first kappa shape index (κ1) is 23.1. The zero-order chi connectivity index (χ0) is 24.2. The van der Waals surface area contributed by atoms with Gasteiger partial charge in [-0.2, -0.15) is 5.26 Å². The Morgan fingerprint density at radius 3 is 2.29 bits per heavy atom. The van der Waals surface area contributed by atoms with Crippen LogP contribution in [0.3, 0.4) is 0 Å². The van der Waals surface area contributed by atoms with Crippen molar-refractivity contribution in [3.05, 3.63) is 86.7 Å². The summed E-state index contributed by atoms with van der Waals surface area (Å²) in [7, 11) is 0. The molecule has 0 radical (unpaired) electrons. The molecule has 0 N–H and O–H groups in total. The van der Waals surface area contributed by atoms with Crippen molar-refractivity contribution in [2.24, 2.45) is 0 Å². The van der Waals surface area contributed by atoms with Gasteiger partial charge in [0, 0.05) is 6.54 Å². The molecule has 4 aromatic rings. The summed E-state index contributed by atoms with van der Waals surface area (Å²) >= 11 is 1.37. The molecule has 2 heterocycles. The topological polar surface area (TPSA) is 93.6 Å². The minimum absolute atomic E-state index is 0.0598.